The first-order chi connectivity index (χ1) is 18.1. The zero-order chi connectivity index (χ0) is 27.2. The van der Waals surface area contributed by atoms with Crippen LogP contribution in [0.1, 0.15) is 50.7 Å². The van der Waals surface area contributed by atoms with Gasteiger partial charge >= 0.3 is 5.97 Å². The summed E-state index contributed by atoms with van der Waals surface area (Å²) in [5.74, 6) is -0.979. The summed E-state index contributed by atoms with van der Waals surface area (Å²) in [5, 5.41) is 3.94. The van der Waals surface area contributed by atoms with Crippen LogP contribution in [0.4, 0.5) is 0 Å². The molecule has 1 N–H and O–H groups in total. The van der Waals surface area contributed by atoms with Crippen LogP contribution in [0.5, 0.6) is 5.75 Å². The lowest BCUT2D eigenvalue weighted by atomic mass is 9.68. The first-order valence-corrected chi connectivity index (χ1v) is 12.7. The smallest absolute Gasteiger partial charge is 0.337 e. The predicted molar refractivity (Wildman–Crippen MR) is 144 cm³/mol. The van der Waals surface area contributed by atoms with Crippen LogP contribution in [-0.2, 0) is 20.9 Å². The number of ketones is 1. The van der Waals surface area contributed by atoms with E-state index in [-0.39, 0.29) is 39.8 Å². The second-order valence-electron chi connectivity index (χ2n) is 10.5. The molecular weight excluding hydrogens is 506 g/mol. The summed E-state index contributed by atoms with van der Waals surface area (Å²) in [6.45, 7) is 5.82. The molecule has 7 nitrogen and oxygen atoms in total. The Bertz CT molecular complexity index is 1580. The molecule has 38 heavy (non-hydrogen) atoms. The highest BCUT2D eigenvalue weighted by Crippen LogP contribution is 2.46. The monoisotopic (exact) mass is 533 g/mol. The average Bonchev–Trinajstić information content (AvgIpc) is 2.86. The summed E-state index contributed by atoms with van der Waals surface area (Å²) in [5.41, 5.74) is 2.58. The molecule has 1 aliphatic carbocycles. The van der Waals surface area contributed by atoms with Crippen LogP contribution in [0.2, 0.25) is 5.02 Å². The SMILES string of the molecule is COc1ccc(COC(=O)C2=C(C)NC3=C(C(=O)CC(C)(C)C3)[C@H]2c2coc3ccc(Cl)cc3c2=O)cc1. The second-order valence-corrected chi connectivity index (χ2v) is 11.0. The molecule has 2 heterocycles. The van der Waals surface area contributed by atoms with Gasteiger partial charge in [0.25, 0.3) is 0 Å². The molecule has 3 aromatic rings. The highest BCUT2D eigenvalue weighted by molar-refractivity contribution is 6.31. The number of allylic oxidation sites excluding steroid dienone is 3. The van der Waals surface area contributed by atoms with Gasteiger partial charge in [-0.1, -0.05) is 37.6 Å². The summed E-state index contributed by atoms with van der Waals surface area (Å²) in [6.07, 6.45) is 2.24. The molecule has 196 valence electrons. The van der Waals surface area contributed by atoms with Crippen molar-refractivity contribution in [2.24, 2.45) is 5.41 Å². The molecule has 0 unspecified atom stereocenters. The van der Waals surface area contributed by atoms with Crippen molar-refractivity contribution in [2.45, 2.75) is 46.1 Å². The Labute approximate surface area is 225 Å². The van der Waals surface area contributed by atoms with Gasteiger partial charge in [0.05, 0.1) is 30.3 Å². The van der Waals surface area contributed by atoms with Gasteiger partial charge in [-0.3, -0.25) is 9.59 Å². The first kappa shape index (κ1) is 25.8. The minimum Gasteiger partial charge on any atom is -0.497 e. The molecule has 0 saturated carbocycles. The van der Waals surface area contributed by atoms with E-state index in [9.17, 15) is 14.4 Å². The fraction of sp³-hybridized carbons (Fsp3) is 0.300. The topological polar surface area (TPSA) is 94.8 Å². The number of rotatable bonds is 5. The number of hydrogen-bond acceptors (Lipinski definition) is 7. The molecule has 0 fully saturated rings. The number of nitrogens with one attached hydrogen (secondary N) is 1. The Hall–Kier alpha value is -3.84. The van der Waals surface area contributed by atoms with Crippen molar-refractivity contribution in [1.29, 1.82) is 0 Å². The first-order valence-electron chi connectivity index (χ1n) is 12.3. The molecule has 2 aromatic carbocycles. The van der Waals surface area contributed by atoms with E-state index >= 15 is 0 Å². The van der Waals surface area contributed by atoms with Gasteiger partial charge in [0.1, 0.15) is 17.9 Å². The van der Waals surface area contributed by atoms with Crippen molar-refractivity contribution in [3.8, 4) is 5.75 Å². The Morgan fingerprint density at radius 3 is 2.58 bits per heavy atom. The molecule has 1 aliphatic heterocycles. The van der Waals surface area contributed by atoms with Gasteiger partial charge in [-0.15, -0.1) is 0 Å². The van der Waals surface area contributed by atoms with E-state index in [1.807, 2.05) is 13.8 Å². The quantitative estimate of drug-likeness (QED) is 0.414. The molecule has 8 heteroatoms. The predicted octanol–water partition coefficient (Wildman–Crippen LogP) is 5.80. The minimum absolute atomic E-state index is 0.0150. The van der Waals surface area contributed by atoms with E-state index in [2.05, 4.69) is 5.32 Å². The van der Waals surface area contributed by atoms with Crippen LogP contribution in [0, 0.1) is 5.41 Å². The summed E-state index contributed by atoms with van der Waals surface area (Å²) in [7, 11) is 1.58. The number of esters is 1. The van der Waals surface area contributed by atoms with E-state index < -0.39 is 11.9 Å². The number of ether oxygens (including phenoxy) is 2. The molecule has 0 amide bonds. The van der Waals surface area contributed by atoms with Crippen LogP contribution >= 0.6 is 11.6 Å². The summed E-state index contributed by atoms with van der Waals surface area (Å²) >= 11 is 6.17. The lowest BCUT2D eigenvalue weighted by Gasteiger charge is -2.39. The van der Waals surface area contributed by atoms with Crippen molar-refractivity contribution in [3.05, 3.63) is 97.6 Å². The number of carbonyl (C=O) groups excluding carboxylic acids is 2. The Balaban J connectivity index is 1.60. The van der Waals surface area contributed by atoms with Gasteiger partial charge in [0.15, 0.2) is 11.2 Å². The third-order valence-corrected chi connectivity index (χ3v) is 7.30. The summed E-state index contributed by atoms with van der Waals surface area (Å²) in [6, 6.07) is 12.0. The van der Waals surface area contributed by atoms with E-state index in [1.54, 1.807) is 50.4 Å². The number of carbonyl (C=O) groups is 2. The number of fused-ring (bicyclic) bond motifs is 1. The van der Waals surface area contributed by atoms with E-state index in [4.69, 9.17) is 25.5 Å². The van der Waals surface area contributed by atoms with Crippen molar-refractivity contribution >= 4 is 34.3 Å². The molecule has 2 aliphatic rings. The van der Waals surface area contributed by atoms with Gasteiger partial charge in [-0.2, -0.15) is 0 Å². The highest BCUT2D eigenvalue weighted by atomic mass is 35.5. The fourth-order valence-electron chi connectivity index (χ4n) is 5.28. The van der Waals surface area contributed by atoms with Gasteiger partial charge in [-0.05, 0) is 54.7 Å². The van der Waals surface area contributed by atoms with Crippen LogP contribution in [0.3, 0.4) is 0 Å². The van der Waals surface area contributed by atoms with Crippen molar-refractivity contribution < 1.29 is 23.5 Å². The zero-order valence-electron chi connectivity index (χ0n) is 21.6. The molecule has 0 radical (unpaired) electrons. The van der Waals surface area contributed by atoms with Crippen molar-refractivity contribution in [3.63, 3.8) is 0 Å². The normalized spacial score (nSPS) is 18.8. The Morgan fingerprint density at radius 1 is 1.13 bits per heavy atom. The number of methoxy groups -OCH3 is 1. The second kappa shape index (κ2) is 9.80. The third-order valence-electron chi connectivity index (χ3n) is 7.06. The number of hydrogen-bond donors (Lipinski definition) is 1. The van der Waals surface area contributed by atoms with Gasteiger partial charge in [0.2, 0.25) is 0 Å². The molecule has 0 spiro atoms. The molecular formula is C30H28ClNO6. The van der Waals surface area contributed by atoms with Crippen LogP contribution in [0.25, 0.3) is 11.0 Å². The largest absolute Gasteiger partial charge is 0.497 e. The van der Waals surface area contributed by atoms with Gasteiger partial charge in [-0.25, -0.2) is 4.79 Å². The average molecular weight is 534 g/mol. The third kappa shape index (κ3) is 4.74. The van der Waals surface area contributed by atoms with Crippen LogP contribution in [-0.4, -0.2) is 18.9 Å². The van der Waals surface area contributed by atoms with E-state index in [0.717, 1.165) is 5.56 Å². The number of dihydropyridines is 1. The molecule has 5 rings (SSSR count). The molecule has 1 aromatic heterocycles. The van der Waals surface area contributed by atoms with Gasteiger partial charge < -0.3 is 19.2 Å². The molecule has 0 saturated heterocycles. The maximum atomic E-state index is 13.7. The molecule has 1 atom stereocenters. The van der Waals surface area contributed by atoms with Crippen molar-refractivity contribution in [1.82, 2.24) is 5.32 Å². The highest BCUT2D eigenvalue weighted by Gasteiger charge is 2.44. The van der Waals surface area contributed by atoms with Crippen LogP contribution < -0.4 is 15.5 Å². The zero-order valence-corrected chi connectivity index (χ0v) is 22.4. The lowest BCUT2D eigenvalue weighted by molar-refractivity contribution is -0.140. The lowest BCUT2D eigenvalue weighted by Crippen LogP contribution is -2.39. The Kier molecular flexibility index (Phi) is 6.65. The summed E-state index contributed by atoms with van der Waals surface area (Å²) in [4.78, 5) is 40.9. The van der Waals surface area contributed by atoms with E-state index in [0.29, 0.717) is 46.2 Å². The van der Waals surface area contributed by atoms with Crippen molar-refractivity contribution in [2.75, 3.05) is 7.11 Å². The fourth-order valence-corrected chi connectivity index (χ4v) is 5.46. The maximum Gasteiger partial charge on any atom is 0.337 e. The maximum absolute atomic E-state index is 13.7. The number of benzene rings is 2. The number of Topliss-reactive ketones (excluding diaryl/α,β-unsaturated/α-hetero) is 1. The summed E-state index contributed by atoms with van der Waals surface area (Å²) < 4.78 is 16.7. The minimum atomic E-state index is -0.933. The standard InChI is InChI=1S/C30H28ClNO6/c1-16-25(29(35)38-14-17-5-8-19(36-4)9-6-17)26(27-22(32-16)12-30(2,3)13-23(27)33)21-15-37-24-10-7-18(31)11-20(24)28(21)34/h5-11,15,26,32H,12-14H2,1-4H3/t26-/m0/s1. The Morgan fingerprint density at radius 2 is 1.87 bits per heavy atom. The van der Waals surface area contributed by atoms with E-state index in [1.165, 1.54) is 12.3 Å². The number of halogens is 1. The van der Waals surface area contributed by atoms with Crippen LogP contribution in [0.15, 0.2) is 80.5 Å². The molecule has 0 bridgehead atoms. The van der Waals surface area contributed by atoms with Gasteiger partial charge in [0, 0.05) is 34.0 Å².